The molecule has 2 fully saturated rings. The van der Waals surface area contributed by atoms with Gasteiger partial charge in [-0.3, -0.25) is 4.79 Å². The van der Waals surface area contributed by atoms with Crippen LogP contribution in [0.3, 0.4) is 0 Å². The average Bonchev–Trinajstić information content (AvgIpc) is 2.92. The van der Waals surface area contributed by atoms with Crippen LogP contribution in [0.4, 0.5) is 0 Å². The first kappa shape index (κ1) is 17.7. The van der Waals surface area contributed by atoms with Gasteiger partial charge in [-0.15, -0.1) is 0 Å². The second-order valence-corrected chi connectivity index (χ2v) is 9.41. The molecule has 5 nitrogen and oxygen atoms in total. The van der Waals surface area contributed by atoms with Crippen molar-refractivity contribution >= 4 is 27.5 Å². The van der Waals surface area contributed by atoms with Crippen molar-refractivity contribution in [3.05, 3.63) is 28.3 Å². The second-order valence-electron chi connectivity index (χ2n) is 7.04. The minimum absolute atomic E-state index is 0.0620. The van der Waals surface area contributed by atoms with Crippen LogP contribution in [0.2, 0.25) is 5.02 Å². The van der Waals surface area contributed by atoms with Crippen molar-refractivity contribution in [3.63, 3.8) is 0 Å². The molecule has 1 aliphatic carbocycles. The Balaban J connectivity index is 1.85. The first-order valence-electron chi connectivity index (χ1n) is 8.21. The van der Waals surface area contributed by atoms with Gasteiger partial charge < -0.3 is 5.32 Å². The van der Waals surface area contributed by atoms with Gasteiger partial charge in [0.1, 0.15) is 0 Å². The lowest BCUT2D eigenvalue weighted by molar-refractivity contribution is -0.124. The topological polar surface area (TPSA) is 66.5 Å². The van der Waals surface area contributed by atoms with Gasteiger partial charge in [-0.2, -0.15) is 4.31 Å². The van der Waals surface area contributed by atoms with Crippen LogP contribution in [0.1, 0.15) is 30.4 Å². The Bertz CT molecular complexity index is 778. The van der Waals surface area contributed by atoms with Crippen LogP contribution in [0.25, 0.3) is 0 Å². The molecule has 1 saturated heterocycles. The van der Waals surface area contributed by atoms with E-state index in [1.165, 1.54) is 4.31 Å². The summed E-state index contributed by atoms with van der Waals surface area (Å²) in [6, 6.07) is 3.29. The standard InChI is InChI=1S/C17H23ClN2O3S/c1-10-5-16(11(2)4-15(10)18)24(22,23)20(3)14-6-12-8-17(21)19-9-13(12)7-14/h4-5,12-14H,6-9H2,1-3H3,(H,19,21)/t12-,13+,14-/m0/s1. The van der Waals surface area contributed by atoms with Gasteiger partial charge in [-0.05, 0) is 61.8 Å². The summed E-state index contributed by atoms with van der Waals surface area (Å²) >= 11 is 6.09. The number of carbonyl (C=O) groups excluding carboxylic acids is 1. The first-order valence-corrected chi connectivity index (χ1v) is 10.0. The van der Waals surface area contributed by atoms with E-state index in [-0.39, 0.29) is 17.9 Å². The molecule has 0 bridgehead atoms. The Hall–Kier alpha value is -1.11. The number of benzene rings is 1. The van der Waals surface area contributed by atoms with Crippen LogP contribution >= 0.6 is 11.6 Å². The Morgan fingerprint density at radius 1 is 1.17 bits per heavy atom. The summed E-state index contributed by atoms with van der Waals surface area (Å²) in [7, 11) is -1.93. The number of sulfonamides is 1. The molecule has 2 aliphatic rings. The van der Waals surface area contributed by atoms with E-state index in [0.29, 0.717) is 34.4 Å². The number of nitrogens with zero attached hydrogens (tertiary/aromatic N) is 1. The lowest BCUT2D eigenvalue weighted by Gasteiger charge is -2.25. The summed E-state index contributed by atoms with van der Waals surface area (Å²) in [6.45, 7) is 4.23. The molecule has 3 atom stereocenters. The van der Waals surface area contributed by atoms with Crippen molar-refractivity contribution < 1.29 is 13.2 Å². The average molecular weight is 371 g/mol. The highest BCUT2D eigenvalue weighted by atomic mass is 35.5. The lowest BCUT2D eigenvalue weighted by Crippen LogP contribution is -2.38. The quantitative estimate of drug-likeness (QED) is 0.888. The summed E-state index contributed by atoms with van der Waals surface area (Å²) in [4.78, 5) is 11.9. The molecular weight excluding hydrogens is 348 g/mol. The fourth-order valence-electron chi connectivity index (χ4n) is 3.92. The molecule has 24 heavy (non-hydrogen) atoms. The van der Waals surface area contributed by atoms with E-state index < -0.39 is 10.0 Å². The van der Waals surface area contributed by atoms with Gasteiger partial charge in [-0.25, -0.2) is 8.42 Å². The molecule has 7 heteroatoms. The Morgan fingerprint density at radius 3 is 2.54 bits per heavy atom. The predicted octanol–water partition coefficient (Wildman–Crippen LogP) is 2.49. The lowest BCUT2D eigenvalue weighted by atomic mass is 9.89. The van der Waals surface area contributed by atoms with E-state index in [4.69, 9.17) is 11.6 Å². The molecule has 1 aromatic carbocycles. The van der Waals surface area contributed by atoms with Crippen molar-refractivity contribution in [1.29, 1.82) is 0 Å². The zero-order valence-corrected chi connectivity index (χ0v) is 15.7. The Labute approximate surface area is 148 Å². The van der Waals surface area contributed by atoms with Gasteiger partial charge in [0, 0.05) is 31.1 Å². The fraction of sp³-hybridized carbons (Fsp3) is 0.588. The van der Waals surface area contributed by atoms with E-state index in [9.17, 15) is 13.2 Å². The van der Waals surface area contributed by atoms with Crippen molar-refractivity contribution in [2.75, 3.05) is 13.6 Å². The van der Waals surface area contributed by atoms with Crippen LogP contribution in [0.5, 0.6) is 0 Å². The third-order valence-corrected chi connectivity index (χ3v) is 7.91. The maximum atomic E-state index is 13.1. The largest absolute Gasteiger partial charge is 0.356 e. The number of nitrogens with one attached hydrogen (secondary N) is 1. The highest BCUT2D eigenvalue weighted by Crippen LogP contribution is 2.40. The summed E-state index contributed by atoms with van der Waals surface area (Å²) in [6.07, 6.45) is 2.06. The van der Waals surface area contributed by atoms with Crippen molar-refractivity contribution in [1.82, 2.24) is 9.62 Å². The maximum Gasteiger partial charge on any atom is 0.243 e. The number of hydrogen-bond donors (Lipinski definition) is 1. The third kappa shape index (κ3) is 3.07. The van der Waals surface area contributed by atoms with Gasteiger partial charge in [-0.1, -0.05) is 11.6 Å². The number of piperidine rings is 1. The number of hydrogen-bond acceptors (Lipinski definition) is 3. The monoisotopic (exact) mass is 370 g/mol. The smallest absolute Gasteiger partial charge is 0.243 e. The molecule has 1 heterocycles. The van der Waals surface area contributed by atoms with Crippen LogP contribution < -0.4 is 5.32 Å². The van der Waals surface area contributed by atoms with Crippen molar-refractivity contribution in [3.8, 4) is 0 Å². The molecule has 132 valence electrons. The minimum Gasteiger partial charge on any atom is -0.356 e. The molecule has 1 amide bonds. The van der Waals surface area contributed by atoms with Gasteiger partial charge in [0.15, 0.2) is 0 Å². The van der Waals surface area contributed by atoms with E-state index in [1.54, 1.807) is 26.1 Å². The van der Waals surface area contributed by atoms with Crippen LogP contribution in [0, 0.1) is 25.7 Å². The SMILES string of the molecule is Cc1cc(S(=O)(=O)N(C)[C@H]2C[C@H]3CC(=O)NC[C@H]3C2)c(C)cc1Cl. The van der Waals surface area contributed by atoms with E-state index in [0.717, 1.165) is 18.4 Å². The van der Waals surface area contributed by atoms with Crippen molar-refractivity contribution in [2.45, 2.75) is 44.0 Å². The number of carbonyl (C=O) groups is 1. The number of rotatable bonds is 3. The maximum absolute atomic E-state index is 13.1. The number of fused-ring (bicyclic) bond motifs is 1. The molecule has 3 rings (SSSR count). The number of halogens is 1. The molecule has 0 spiro atoms. The van der Waals surface area contributed by atoms with Gasteiger partial charge >= 0.3 is 0 Å². The van der Waals surface area contributed by atoms with E-state index in [1.807, 2.05) is 6.92 Å². The number of amides is 1. The summed E-state index contributed by atoms with van der Waals surface area (Å²) in [5.74, 6) is 0.736. The molecule has 1 aromatic rings. The summed E-state index contributed by atoms with van der Waals surface area (Å²) < 4.78 is 27.6. The van der Waals surface area contributed by atoms with Crippen LogP contribution in [0.15, 0.2) is 17.0 Å². The van der Waals surface area contributed by atoms with Crippen LogP contribution in [-0.4, -0.2) is 38.3 Å². The molecule has 0 aromatic heterocycles. The Morgan fingerprint density at radius 2 is 1.83 bits per heavy atom. The summed E-state index contributed by atoms with van der Waals surface area (Å²) in [5.41, 5.74) is 1.41. The third-order valence-electron chi connectivity index (χ3n) is 5.45. The van der Waals surface area contributed by atoms with Gasteiger partial charge in [0.05, 0.1) is 4.90 Å². The molecule has 1 saturated carbocycles. The molecule has 1 aliphatic heterocycles. The molecular formula is C17H23ClN2O3S. The summed E-state index contributed by atoms with van der Waals surface area (Å²) in [5, 5.41) is 3.46. The highest BCUT2D eigenvalue weighted by molar-refractivity contribution is 7.89. The molecule has 0 unspecified atom stereocenters. The second kappa shape index (κ2) is 6.32. The molecule has 1 N–H and O–H groups in total. The Kier molecular flexibility index (Phi) is 4.66. The van der Waals surface area contributed by atoms with E-state index in [2.05, 4.69) is 5.32 Å². The van der Waals surface area contributed by atoms with Crippen LogP contribution in [-0.2, 0) is 14.8 Å². The normalized spacial score (nSPS) is 27.2. The van der Waals surface area contributed by atoms with Crippen molar-refractivity contribution in [2.24, 2.45) is 11.8 Å². The fourth-order valence-corrected chi connectivity index (χ4v) is 5.80. The zero-order chi connectivity index (χ0) is 17.6. The van der Waals surface area contributed by atoms with E-state index >= 15 is 0 Å². The molecule has 0 radical (unpaired) electrons. The first-order chi connectivity index (χ1) is 11.2. The predicted molar refractivity (Wildman–Crippen MR) is 93.5 cm³/mol. The van der Waals surface area contributed by atoms with Gasteiger partial charge in [0.25, 0.3) is 0 Å². The minimum atomic E-state index is -3.58. The highest BCUT2D eigenvalue weighted by Gasteiger charge is 2.42. The zero-order valence-electron chi connectivity index (χ0n) is 14.2. The number of aryl methyl sites for hydroxylation is 2. The van der Waals surface area contributed by atoms with Gasteiger partial charge in [0.2, 0.25) is 15.9 Å².